The van der Waals surface area contributed by atoms with Crippen molar-refractivity contribution in [3.63, 3.8) is 0 Å². The van der Waals surface area contributed by atoms with E-state index in [-0.39, 0.29) is 5.41 Å². The van der Waals surface area contributed by atoms with Crippen molar-refractivity contribution >= 4 is 82.3 Å². The summed E-state index contributed by atoms with van der Waals surface area (Å²) in [4.78, 5) is 0. The number of aryl methyl sites for hydroxylation is 9. The highest BCUT2D eigenvalue weighted by Crippen LogP contribution is 2.31. The molecule has 0 aliphatic carbocycles. The van der Waals surface area contributed by atoms with E-state index in [1.54, 1.807) is 65.9 Å². The number of pyridine rings is 8. The maximum atomic E-state index is 5.01. The van der Waals surface area contributed by atoms with E-state index in [0.29, 0.717) is 17.8 Å². The number of ether oxygens (including phenoxy) is 1. The molecule has 12 aromatic rings. The lowest BCUT2D eigenvalue weighted by Gasteiger charge is -2.16. The molecule has 0 radical (unpaired) electrons. The summed E-state index contributed by atoms with van der Waals surface area (Å²) in [6.45, 7) is 35.3. The summed E-state index contributed by atoms with van der Waals surface area (Å²) < 4.78 is 31.0. The lowest BCUT2D eigenvalue weighted by atomic mass is 9.85. The molecule has 13 nitrogen and oxygen atoms in total. The summed E-state index contributed by atoms with van der Waals surface area (Å²) >= 11 is 12.5. The van der Waals surface area contributed by atoms with Gasteiger partial charge in [0.15, 0.2) is 62.2 Å². The van der Waals surface area contributed by atoms with Gasteiger partial charge in [0.1, 0.15) is 62.1 Å². The average Bonchev–Trinajstić information content (AvgIpc) is 1.64. The molecule has 636 valence electrons. The fourth-order valence-electron chi connectivity index (χ4n) is 13.5. The molecule has 0 saturated carbocycles. The second-order valence-electron chi connectivity index (χ2n) is 30.6. The van der Waals surface area contributed by atoms with E-state index in [0.717, 1.165) is 5.88 Å². The first-order valence-corrected chi connectivity index (χ1v) is 48.6. The van der Waals surface area contributed by atoms with Gasteiger partial charge in [0.2, 0.25) is 46.6 Å². The van der Waals surface area contributed by atoms with Gasteiger partial charge in [-0.15, -0.1) is 9.36 Å². The minimum Gasteiger partial charge on any atom is -0.448 e. The standard InChI is InChI=1S/C18H19N2.C11H21N2.3C10H16NS.C9H14NS.2C8H12NS.C7H10NO.C7H10NS/c1-14-17(15-10-6-4-7-11-15)19(2)20(3)18(14)16-12-8-5-9-13-16;1-8-10(11(3,4)5)9(2)13(7)12(8)6;2*1-8(2)9-6-5-7-11(3)10(9)12-4;1-8(2)9-6-5-7-10(12-4)11(9)3;1-7-5-6-8(2)10(3)9(7)11-4;1-7-5-4-6-9(2)8(7)10-3;1-7-5-4-6-8(10-3)9(7)2;2*1-8-6-4-3-5-7(8)9-2/h4-13H,1-3H3;1-7H3;3*5-8H,1-4H3;5-6H,1-4H3;2*4-6H,1-3H3;2*3-6H,1-2H3/q10*+1. The van der Waals surface area contributed by atoms with Gasteiger partial charge in [-0.25, -0.2) is 0 Å². The maximum absolute atomic E-state index is 5.01. The van der Waals surface area contributed by atoms with E-state index in [1.807, 2.05) is 84.9 Å². The largest absolute Gasteiger partial charge is 0.448 e. The van der Waals surface area contributed by atoms with Crippen LogP contribution in [0.1, 0.15) is 142 Å². The van der Waals surface area contributed by atoms with E-state index >= 15 is 0 Å². The van der Waals surface area contributed by atoms with Gasteiger partial charge in [0.25, 0.3) is 0 Å². The number of nitrogens with zero attached hydrogens (tertiary/aromatic N) is 12. The Hall–Kier alpha value is -7.69. The Kier molecular flexibility index (Phi) is 47.1. The van der Waals surface area contributed by atoms with E-state index < -0.39 is 0 Å². The number of methoxy groups -OCH3 is 1. The van der Waals surface area contributed by atoms with E-state index in [4.69, 9.17) is 4.74 Å². The Morgan fingerprint density at radius 1 is 0.347 bits per heavy atom. The highest BCUT2D eigenvalue weighted by atomic mass is 32.2. The van der Waals surface area contributed by atoms with Crippen LogP contribution in [0.15, 0.2) is 248 Å². The molecule has 2 aromatic carbocycles. The second kappa shape index (κ2) is 53.2. The van der Waals surface area contributed by atoms with Crippen molar-refractivity contribution in [1.29, 1.82) is 0 Å². The summed E-state index contributed by atoms with van der Waals surface area (Å²) in [7, 11) is 26.7. The zero-order valence-electron chi connectivity index (χ0n) is 78.6. The Morgan fingerprint density at radius 2 is 0.763 bits per heavy atom. The molecular weight excluding hydrogens is 1590 g/mol. The minimum absolute atomic E-state index is 0.243. The van der Waals surface area contributed by atoms with Crippen LogP contribution in [0, 0.1) is 48.5 Å². The van der Waals surface area contributed by atoms with Gasteiger partial charge in [0, 0.05) is 127 Å². The van der Waals surface area contributed by atoms with E-state index in [9.17, 15) is 0 Å². The molecular formula is C98H146N12OS7+10. The fraction of sp³-hybridized carbons (Fsp3) is 0.408. The first-order chi connectivity index (χ1) is 55.8. The van der Waals surface area contributed by atoms with Gasteiger partial charge in [-0.3, -0.25) is 0 Å². The average molecular weight is 1730 g/mol. The molecule has 10 heterocycles. The summed E-state index contributed by atoms with van der Waals surface area (Å²) in [5, 5.41) is 9.34. The maximum Gasteiger partial charge on any atom is 0.367 e. The zero-order valence-corrected chi connectivity index (χ0v) is 84.3. The highest BCUT2D eigenvalue weighted by Gasteiger charge is 2.30. The molecule has 0 unspecified atom stereocenters. The Balaban J connectivity index is 0.000000342. The number of benzene rings is 2. The predicted molar refractivity (Wildman–Crippen MR) is 508 cm³/mol. The van der Waals surface area contributed by atoms with Gasteiger partial charge in [-0.2, -0.15) is 45.9 Å². The molecule has 0 saturated heterocycles. The van der Waals surface area contributed by atoms with Crippen LogP contribution in [-0.2, 0) is 90.0 Å². The van der Waals surface area contributed by atoms with Gasteiger partial charge in [-0.05, 0) is 149 Å². The Bertz CT molecular complexity index is 4800. The smallest absolute Gasteiger partial charge is 0.367 e. The molecule has 12 rings (SSSR count). The van der Waals surface area contributed by atoms with Crippen LogP contribution in [0.25, 0.3) is 22.5 Å². The molecule has 0 aliphatic rings. The summed E-state index contributed by atoms with van der Waals surface area (Å²) in [5.41, 5.74) is 20.4. The van der Waals surface area contributed by atoms with E-state index in [1.165, 1.54) is 120 Å². The molecule has 0 aliphatic heterocycles. The molecule has 0 spiro atoms. The summed E-state index contributed by atoms with van der Waals surface area (Å²) in [6, 6.07) is 63.0. The van der Waals surface area contributed by atoms with Crippen LogP contribution < -0.4 is 50.6 Å². The monoisotopic (exact) mass is 1730 g/mol. The van der Waals surface area contributed by atoms with Crippen molar-refractivity contribution in [2.45, 2.75) is 169 Å². The molecule has 118 heavy (non-hydrogen) atoms. The van der Waals surface area contributed by atoms with Crippen LogP contribution in [-0.4, -0.2) is 60.3 Å². The number of rotatable bonds is 13. The number of hydrogen-bond acceptors (Lipinski definition) is 8. The molecule has 20 heteroatoms. The second-order valence-corrected chi connectivity index (χ2v) is 36.3. The van der Waals surface area contributed by atoms with Gasteiger partial charge >= 0.3 is 5.88 Å². The predicted octanol–water partition coefficient (Wildman–Crippen LogP) is 19.0. The third-order valence-electron chi connectivity index (χ3n) is 20.3. The van der Waals surface area contributed by atoms with Crippen LogP contribution in [0.5, 0.6) is 5.88 Å². The normalized spacial score (nSPS) is 10.5. The molecule has 0 fully saturated rings. The molecule has 0 amide bonds. The summed E-state index contributed by atoms with van der Waals surface area (Å²) in [6.07, 6.45) is 25.0. The number of aromatic nitrogens is 12. The van der Waals surface area contributed by atoms with Gasteiger partial charge in [-0.1, -0.05) is 193 Å². The zero-order chi connectivity index (χ0) is 88.8. The third-order valence-corrected chi connectivity index (χ3v) is 26.6. The quantitative estimate of drug-likeness (QED) is 0.0836. The van der Waals surface area contributed by atoms with Crippen LogP contribution in [0.2, 0.25) is 0 Å². The molecule has 0 bridgehead atoms. The van der Waals surface area contributed by atoms with Crippen molar-refractivity contribution in [2.75, 3.05) is 50.9 Å². The topological polar surface area (TPSA) is 57.9 Å². The van der Waals surface area contributed by atoms with Crippen molar-refractivity contribution in [3.8, 4) is 28.4 Å². The molecule has 0 N–H and O–H groups in total. The highest BCUT2D eigenvalue weighted by molar-refractivity contribution is 7.99. The first kappa shape index (κ1) is 104. The Morgan fingerprint density at radius 3 is 1.13 bits per heavy atom. The van der Waals surface area contributed by atoms with Crippen LogP contribution >= 0.6 is 82.3 Å². The van der Waals surface area contributed by atoms with Crippen molar-refractivity contribution in [3.05, 3.63) is 275 Å². The van der Waals surface area contributed by atoms with Gasteiger partial charge in [0.05, 0.1) is 44.1 Å². The first-order valence-electron chi connectivity index (χ1n) is 40.1. The van der Waals surface area contributed by atoms with Crippen molar-refractivity contribution in [1.82, 2.24) is 9.36 Å². The fourth-order valence-corrected chi connectivity index (χ4v) is 18.6. The Labute approximate surface area is 744 Å². The number of hydrogen-bond donors (Lipinski definition) is 0. The SMILES string of the molecule is COc1cccc[n+]1C.CSc1c(C(C)C)ccc[n+]1C.CSc1c(C(C)C)ccc[n+]1C.CSc1c(C)ccc(C)[n+]1C.CSc1c(C)ccc[n+]1C.CSc1cccc(C(C)C)[n+]1C.CSc1cccc(C)[n+]1C.CSc1cccc[n+]1C.Cc1c(-c2ccccc2)n(C)[n+](C)c1-c1ccccc1.Cc1c(C(C)(C)C)c(C)[n+](C)n1C. The van der Waals surface area contributed by atoms with E-state index in [2.05, 4.69) is 446 Å². The van der Waals surface area contributed by atoms with Crippen LogP contribution in [0.4, 0.5) is 0 Å². The van der Waals surface area contributed by atoms with Crippen molar-refractivity contribution < 1.29 is 50.6 Å². The minimum atomic E-state index is 0.243. The van der Waals surface area contributed by atoms with Crippen molar-refractivity contribution in [2.24, 2.45) is 84.6 Å². The molecule has 10 aromatic heterocycles. The lowest BCUT2D eigenvalue weighted by molar-refractivity contribution is -0.757. The third kappa shape index (κ3) is 31.4. The summed E-state index contributed by atoms with van der Waals surface area (Å²) in [5.74, 6) is 2.69. The lowest BCUT2D eigenvalue weighted by Crippen LogP contribution is -2.40. The van der Waals surface area contributed by atoms with Gasteiger partial charge < -0.3 is 4.74 Å². The van der Waals surface area contributed by atoms with Crippen LogP contribution in [0.3, 0.4) is 0 Å². The molecule has 0 atom stereocenters. The number of thioether (sulfide) groups is 7.